The highest BCUT2D eigenvalue weighted by Gasteiger charge is 2.46. The average Bonchev–Trinajstić information content (AvgIpc) is 2.86. The molecule has 2 aromatic rings. The molecule has 27 heavy (non-hydrogen) atoms. The molecule has 1 heterocycles. The van der Waals surface area contributed by atoms with Gasteiger partial charge in [-0.25, -0.2) is 0 Å². The van der Waals surface area contributed by atoms with Crippen LogP contribution in [-0.4, -0.2) is 16.6 Å². The van der Waals surface area contributed by atoms with Crippen molar-refractivity contribution in [2.24, 2.45) is 0 Å². The number of halogens is 1. The molecule has 4 heteroatoms. The number of amides is 1. The topological polar surface area (TPSA) is 49.3 Å². The van der Waals surface area contributed by atoms with Gasteiger partial charge in [-0.3, -0.25) is 4.79 Å². The summed E-state index contributed by atoms with van der Waals surface area (Å²) in [4.78, 5) is 12.8. The zero-order valence-electron chi connectivity index (χ0n) is 15.7. The minimum atomic E-state index is -0.557. The van der Waals surface area contributed by atoms with Crippen LogP contribution in [-0.2, 0) is 4.79 Å². The van der Waals surface area contributed by atoms with Crippen molar-refractivity contribution in [3.8, 4) is 11.1 Å². The van der Waals surface area contributed by atoms with Crippen molar-refractivity contribution in [1.29, 1.82) is 0 Å². The fourth-order valence-electron chi connectivity index (χ4n) is 4.60. The van der Waals surface area contributed by atoms with Crippen LogP contribution in [0.5, 0.6) is 0 Å². The predicted molar refractivity (Wildman–Crippen MR) is 110 cm³/mol. The van der Waals surface area contributed by atoms with E-state index >= 15 is 0 Å². The molecular formula is C23H24ClNO2. The van der Waals surface area contributed by atoms with Gasteiger partial charge in [0.15, 0.2) is 0 Å². The molecule has 0 radical (unpaired) electrons. The highest BCUT2D eigenvalue weighted by molar-refractivity contribution is 6.30. The Labute approximate surface area is 165 Å². The summed E-state index contributed by atoms with van der Waals surface area (Å²) in [6, 6.07) is 11.9. The van der Waals surface area contributed by atoms with E-state index < -0.39 is 5.54 Å². The largest absolute Gasteiger partial charge is 0.509 e. The molecular weight excluding hydrogens is 358 g/mol. The normalized spacial score (nSPS) is 18.9. The molecule has 0 aromatic heterocycles. The number of carbonyl (C=O) groups is 1. The Hall–Kier alpha value is -2.26. The van der Waals surface area contributed by atoms with Crippen molar-refractivity contribution in [3.05, 3.63) is 63.9 Å². The van der Waals surface area contributed by atoms with Crippen LogP contribution in [0.4, 0.5) is 0 Å². The van der Waals surface area contributed by atoms with E-state index in [1.54, 1.807) is 0 Å². The van der Waals surface area contributed by atoms with Gasteiger partial charge in [0.25, 0.3) is 5.91 Å². The highest BCUT2D eigenvalue weighted by Crippen LogP contribution is 2.43. The standard InChI is InChI=1S/C23H24ClNO2/c1-14-12-17(16-6-8-18(24)9-7-16)13-15(2)19(14)20-21(26)23(25-22(20)27)10-4-3-5-11-23/h6-9,12-13,26H,3-5,10-11H2,1-2H3,(H,25,27). The number of nitrogens with one attached hydrogen (secondary N) is 1. The van der Waals surface area contributed by atoms with Gasteiger partial charge in [-0.15, -0.1) is 0 Å². The first-order chi connectivity index (χ1) is 12.9. The molecule has 2 N–H and O–H groups in total. The first kappa shape index (κ1) is 18.1. The van der Waals surface area contributed by atoms with E-state index in [2.05, 4.69) is 17.4 Å². The minimum Gasteiger partial charge on any atom is -0.509 e. The third kappa shape index (κ3) is 3.04. The molecule has 4 rings (SSSR count). The maximum Gasteiger partial charge on any atom is 0.256 e. The van der Waals surface area contributed by atoms with E-state index in [-0.39, 0.29) is 11.7 Å². The molecule has 140 valence electrons. The Bertz CT molecular complexity index is 914. The highest BCUT2D eigenvalue weighted by atomic mass is 35.5. The van der Waals surface area contributed by atoms with E-state index in [1.165, 1.54) is 0 Å². The van der Waals surface area contributed by atoms with Crippen molar-refractivity contribution in [1.82, 2.24) is 5.32 Å². The van der Waals surface area contributed by atoms with Crippen molar-refractivity contribution in [3.63, 3.8) is 0 Å². The van der Waals surface area contributed by atoms with Gasteiger partial charge in [-0.1, -0.05) is 55.1 Å². The minimum absolute atomic E-state index is 0.153. The van der Waals surface area contributed by atoms with E-state index in [4.69, 9.17) is 11.6 Å². The summed E-state index contributed by atoms with van der Waals surface area (Å²) in [6.07, 6.45) is 4.86. The zero-order chi connectivity index (χ0) is 19.2. The van der Waals surface area contributed by atoms with Crippen molar-refractivity contribution in [2.45, 2.75) is 51.5 Å². The van der Waals surface area contributed by atoms with Gasteiger partial charge in [0, 0.05) is 5.02 Å². The maximum atomic E-state index is 12.8. The van der Waals surface area contributed by atoms with Crippen LogP contribution in [0.3, 0.4) is 0 Å². The van der Waals surface area contributed by atoms with Gasteiger partial charge in [-0.2, -0.15) is 0 Å². The second-order valence-electron chi connectivity index (χ2n) is 7.81. The number of aryl methyl sites for hydroxylation is 2. The Morgan fingerprint density at radius 2 is 1.56 bits per heavy atom. The van der Waals surface area contributed by atoms with Gasteiger partial charge in [-0.05, 0) is 66.6 Å². The summed E-state index contributed by atoms with van der Waals surface area (Å²) in [7, 11) is 0. The smallest absolute Gasteiger partial charge is 0.256 e. The quantitative estimate of drug-likeness (QED) is 0.698. The van der Waals surface area contributed by atoms with Crippen LogP contribution in [0.1, 0.15) is 48.8 Å². The van der Waals surface area contributed by atoms with Crippen molar-refractivity contribution < 1.29 is 9.90 Å². The number of carbonyl (C=O) groups excluding carboxylic acids is 1. The zero-order valence-corrected chi connectivity index (χ0v) is 16.5. The summed E-state index contributed by atoms with van der Waals surface area (Å²) in [5.41, 5.74) is 4.89. The van der Waals surface area contributed by atoms with Crippen LogP contribution in [0, 0.1) is 13.8 Å². The Morgan fingerprint density at radius 3 is 2.15 bits per heavy atom. The number of aliphatic hydroxyl groups excluding tert-OH is 1. The molecule has 2 aliphatic rings. The monoisotopic (exact) mass is 381 g/mol. The molecule has 0 atom stereocenters. The lowest BCUT2D eigenvalue weighted by Gasteiger charge is -2.33. The molecule has 3 nitrogen and oxygen atoms in total. The van der Waals surface area contributed by atoms with Crippen LogP contribution in [0.25, 0.3) is 16.7 Å². The number of aliphatic hydroxyl groups is 1. The first-order valence-electron chi connectivity index (χ1n) is 9.55. The third-order valence-electron chi connectivity index (χ3n) is 5.94. The lowest BCUT2D eigenvalue weighted by Crippen LogP contribution is -2.46. The SMILES string of the molecule is Cc1cc(-c2ccc(Cl)cc2)cc(C)c1C1=C(O)C2(CCCCC2)NC1=O. The molecule has 0 bridgehead atoms. The average molecular weight is 382 g/mol. The Kier molecular flexibility index (Phi) is 4.51. The maximum absolute atomic E-state index is 12.8. The van der Waals surface area contributed by atoms with E-state index in [0.29, 0.717) is 10.6 Å². The van der Waals surface area contributed by atoms with Crippen molar-refractivity contribution >= 4 is 23.1 Å². The number of hydrogen-bond donors (Lipinski definition) is 2. The summed E-state index contributed by atoms with van der Waals surface area (Å²) < 4.78 is 0. The van der Waals surface area contributed by atoms with Crippen molar-refractivity contribution in [2.75, 3.05) is 0 Å². The van der Waals surface area contributed by atoms with Gasteiger partial charge >= 0.3 is 0 Å². The molecule has 1 amide bonds. The molecule has 1 fully saturated rings. The van der Waals surface area contributed by atoms with Crippen LogP contribution in [0.2, 0.25) is 5.02 Å². The number of benzene rings is 2. The summed E-state index contributed by atoms with van der Waals surface area (Å²) >= 11 is 6.00. The molecule has 2 aromatic carbocycles. The molecule has 1 aliphatic carbocycles. The summed E-state index contributed by atoms with van der Waals surface area (Å²) in [5.74, 6) is 0.0810. The van der Waals surface area contributed by atoms with Crippen LogP contribution < -0.4 is 5.32 Å². The second kappa shape index (κ2) is 6.72. The number of rotatable bonds is 2. The van der Waals surface area contributed by atoms with Crippen LogP contribution >= 0.6 is 11.6 Å². The fraction of sp³-hybridized carbons (Fsp3) is 0.348. The molecule has 1 spiro atoms. The first-order valence-corrected chi connectivity index (χ1v) is 9.93. The lowest BCUT2D eigenvalue weighted by molar-refractivity contribution is -0.116. The number of hydrogen-bond acceptors (Lipinski definition) is 2. The summed E-state index contributed by atoms with van der Waals surface area (Å²) in [5, 5.41) is 14.8. The van der Waals surface area contributed by atoms with E-state index in [0.717, 1.165) is 59.9 Å². The van der Waals surface area contributed by atoms with E-state index in [1.807, 2.05) is 38.1 Å². The third-order valence-corrected chi connectivity index (χ3v) is 6.19. The molecule has 0 saturated heterocycles. The van der Waals surface area contributed by atoms with Gasteiger partial charge in [0.05, 0.1) is 11.1 Å². The molecule has 1 saturated carbocycles. The van der Waals surface area contributed by atoms with E-state index in [9.17, 15) is 9.90 Å². The second-order valence-corrected chi connectivity index (χ2v) is 8.25. The molecule has 0 unspecified atom stereocenters. The summed E-state index contributed by atoms with van der Waals surface area (Å²) in [6.45, 7) is 4.00. The Morgan fingerprint density at radius 1 is 0.963 bits per heavy atom. The Balaban J connectivity index is 1.80. The van der Waals surface area contributed by atoms with Gasteiger partial charge in [0.1, 0.15) is 5.76 Å². The lowest BCUT2D eigenvalue weighted by atomic mass is 9.80. The fourth-order valence-corrected chi connectivity index (χ4v) is 4.73. The predicted octanol–water partition coefficient (Wildman–Crippen LogP) is 5.73. The van der Waals surface area contributed by atoms with Gasteiger partial charge in [0.2, 0.25) is 0 Å². The van der Waals surface area contributed by atoms with Gasteiger partial charge < -0.3 is 10.4 Å². The molecule has 1 aliphatic heterocycles. The van der Waals surface area contributed by atoms with Crippen LogP contribution in [0.15, 0.2) is 42.2 Å².